The van der Waals surface area contributed by atoms with Crippen molar-refractivity contribution >= 4 is 21.8 Å². The molecule has 176 valence electrons. The fourth-order valence-corrected chi connectivity index (χ4v) is 7.01. The average Bonchev–Trinajstić information content (AvgIpc) is 3.08. The minimum atomic E-state index is -3.73. The zero-order valence-electron chi connectivity index (χ0n) is 19.3. The normalized spacial score (nSPS) is 25.8. The number of benzene rings is 2. The van der Waals surface area contributed by atoms with Gasteiger partial charge in [-0.15, -0.1) is 0 Å². The Morgan fingerprint density at radius 1 is 1.03 bits per heavy atom. The lowest BCUT2D eigenvalue weighted by Crippen LogP contribution is -2.64. The zero-order chi connectivity index (χ0) is 24.0. The monoisotopic (exact) mass is 470 g/mol. The summed E-state index contributed by atoms with van der Waals surface area (Å²) in [6, 6.07) is 16.0. The van der Waals surface area contributed by atoms with Crippen LogP contribution in [0.1, 0.15) is 39.7 Å². The van der Waals surface area contributed by atoms with Gasteiger partial charge in [0.1, 0.15) is 5.60 Å². The van der Waals surface area contributed by atoms with Gasteiger partial charge in [-0.25, -0.2) is 18.1 Å². The summed E-state index contributed by atoms with van der Waals surface area (Å²) in [5.74, 6) is -0.408. The Hall–Kier alpha value is -2.71. The van der Waals surface area contributed by atoms with Crippen molar-refractivity contribution in [2.45, 2.75) is 74.5 Å². The third-order valence-corrected chi connectivity index (χ3v) is 8.51. The second-order valence-corrected chi connectivity index (χ2v) is 11.9. The van der Waals surface area contributed by atoms with E-state index in [1.54, 1.807) is 58.0 Å². The predicted molar refractivity (Wildman–Crippen MR) is 124 cm³/mol. The number of carbonyl (C=O) groups is 2. The smallest absolute Gasteiger partial charge is 0.417 e. The molecule has 2 aromatic carbocycles. The van der Waals surface area contributed by atoms with Crippen molar-refractivity contribution in [2.75, 3.05) is 0 Å². The lowest BCUT2D eigenvalue weighted by molar-refractivity contribution is -0.144. The Kier molecular flexibility index (Phi) is 6.09. The first-order valence-corrected chi connectivity index (χ1v) is 12.7. The summed E-state index contributed by atoms with van der Waals surface area (Å²) in [5, 5.41) is -0.819. The number of imide groups is 1. The number of fused-ring (bicyclic) bond motifs is 2. The number of piperazine rings is 1. The second-order valence-electron chi connectivity index (χ2n) is 9.73. The van der Waals surface area contributed by atoms with E-state index >= 15 is 0 Å². The molecule has 4 rings (SSSR count). The fraction of sp³-hybridized carbons (Fsp3) is 0.440. The minimum absolute atomic E-state index is 0.136. The first kappa shape index (κ1) is 23.4. The number of nitrogens with zero attached hydrogens (tertiary/aromatic N) is 2. The van der Waals surface area contributed by atoms with Gasteiger partial charge in [0.25, 0.3) is 0 Å². The lowest BCUT2D eigenvalue weighted by atomic mass is 10.0. The van der Waals surface area contributed by atoms with Crippen molar-refractivity contribution in [1.29, 1.82) is 0 Å². The largest absolute Gasteiger partial charge is 0.443 e. The van der Waals surface area contributed by atoms with Crippen LogP contribution in [0.5, 0.6) is 0 Å². The molecule has 0 aromatic heterocycles. The molecule has 0 saturated carbocycles. The number of hydrogen-bond donors (Lipinski definition) is 0. The minimum Gasteiger partial charge on any atom is -0.443 e. The van der Waals surface area contributed by atoms with Crippen LogP contribution in [0.2, 0.25) is 0 Å². The van der Waals surface area contributed by atoms with Crippen LogP contribution in [0, 0.1) is 0 Å². The standard InChI is InChI=1S/C25H30N2O5S/c1-17-22-21(33(30,31)19-13-9-6-10-14-19)15-20(26(22)16-18-11-7-5-8-12-18)23(28)27(17)24(29)32-25(2,3)4/h5-14,17,20-22H,15-16H2,1-4H3/t17?,20-,21+,22-/m1/s1. The highest BCUT2D eigenvalue weighted by Crippen LogP contribution is 2.41. The predicted octanol–water partition coefficient (Wildman–Crippen LogP) is 3.64. The van der Waals surface area contributed by atoms with Crippen LogP contribution >= 0.6 is 0 Å². The topological polar surface area (TPSA) is 84.0 Å². The molecule has 0 N–H and O–H groups in total. The Balaban J connectivity index is 1.74. The summed E-state index contributed by atoms with van der Waals surface area (Å²) >= 11 is 0. The first-order chi connectivity index (χ1) is 15.5. The number of ether oxygens (including phenoxy) is 1. The van der Waals surface area contributed by atoms with Gasteiger partial charge in [-0.3, -0.25) is 9.69 Å². The Morgan fingerprint density at radius 2 is 1.61 bits per heavy atom. The lowest BCUT2D eigenvalue weighted by Gasteiger charge is -2.44. The van der Waals surface area contributed by atoms with E-state index in [0.29, 0.717) is 6.54 Å². The van der Waals surface area contributed by atoms with Crippen LogP contribution in [0.3, 0.4) is 0 Å². The molecule has 2 aliphatic rings. The van der Waals surface area contributed by atoms with Gasteiger partial charge < -0.3 is 4.74 Å². The van der Waals surface area contributed by atoms with E-state index < -0.39 is 50.8 Å². The molecule has 2 amide bonds. The molecule has 2 aliphatic heterocycles. The van der Waals surface area contributed by atoms with E-state index in [0.717, 1.165) is 10.5 Å². The molecule has 2 saturated heterocycles. The SMILES string of the molecule is CC1[C@@H]2[C@@H](S(=O)(=O)c3ccccc3)C[C@H](C(=O)N1C(=O)OC(C)(C)C)N2Cc1ccccc1. The van der Waals surface area contributed by atoms with Crippen LogP contribution in [0.15, 0.2) is 65.6 Å². The highest BCUT2D eigenvalue weighted by Gasteiger charge is 2.59. The molecule has 0 spiro atoms. The zero-order valence-corrected chi connectivity index (χ0v) is 20.2. The summed E-state index contributed by atoms with van der Waals surface area (Å²) in [7, 11) is -3.73. The van der Waals surface area contributed by atoms with Crippen LogP contribution in [-0.2, 0) is 25.9 Å². The third kappa shape index (κ3) is 4.42. The molecule has 0 radical (unpaired) electrons. The maximum absolute atomic E-state index is 13.7. The maximum Gasteiger partial charge on any atom is 0.417 e. The van der Waals surface area contributed by atoms with Crippen molar-refractivity contribution < 1.29 is 22.7 Å². The molecule has 0 aliphatic carbocycles. The van der Waals surface area contributed by atoms with Crippen LogP contribution in [0.4, 0.5) is 4.79 Å². The van der Waals surface area contributed by atoms with Gasteiger partial charge >= 0.3 is 6.09 Å². The molecule has 7 nitrogen and oxygen atoms in total. The number of rotatable bonds is 4. The summed E-state index contributed by atoms with van der Waals surface area (Å²) < 4.78 is 32.8. The quantitative estimate of drug-likeness (QED) is 0.678. The molecule has 2 bridgehead atoms. The average molecular weight is 471 g/mol. The van der Waals surface area contributed by atoms with Crippen LogP contribution < -0.4 is 0 Å². The van der Waals surface area contributed by atoms with Crippen molar-refractivity contribution in [1.82, 2.24) is 9.80 Å². The van der Waals surface area contributed by atoms with Gasteiger partial charge in [0, 0.05) is 12.6 Å². The molecule has 2 fully saturated rings. The second kappa shape index (κ2) is 8.57. The van der Waals surface area contributed by atoms with Crippen molar-refractivity contribution in [3.8, 4) is 0 Å². The molecule has 8 heteroatoms. The molecular formula is C25H30N2O5S. The van der Waals surface area contributed by atoms with Crippen molar-refractivity contribution in [3.05, 3.63) is 66.2 Å². The van der Waals surface area contributed by atoms with Gasteiger partial charge in [0.15, 0.2) is 9.84 Å². The van der Waals surface area contributed by atoms with Gasteiger partial charge in [-0.05, 0) is 51.8 Å². The Morgan fingerprint density at radius 3 is 2.18 bits per heavy atom. The van der Waals surface area contributed by atoms with Crippen LogP contribution in [0.25, 0.3) is 0 Å². The van der Waals surface area contributed by atoms with Crippen LogP contribution in [-0.4, -0.2) is 59.2 Å². The summed E-state index contributed by atoms with van der Waals surface area (Å²) in [4.78, 5) is 29.8. The first-order valence-electron chi connectivity index (χ1n) is 11.2. The third-order valence-electron chi connectivity index (χ3n) is 6.31. The van der Waals surface area contributed by atoms with E-state index in [-0.39, 0.29) is 11.3 Å². The summed E-state index contributed by atoms with van der Waals surface area (Å²) in [6.45, 7) is 7.38. The van der Waals surface area contributed by atoms with Crippen molar-refractivity contribution in [2.24, 2.45) is 0 Å². The Bertz CT molecular complexity index is 1130. The molecule has 1 unspecified atom stereocenters. The molecular weight excluding hydrogens is 440 g/mol. The van der Waals surface area contributed by atoms with E-state index in [9.17, 15) is 18.0 Å². The number of hydrogen-bond acceptors (Lipinski definition) is 6. The molecule has 2 heterocycles. The van der Waals surface area contributed by atoms with E-state index in [1.165, 1.54) is 0 Å². The Labute approximate surface area is 195 Å². The number of carbonyl (C=O) groups excluding carboxylic acids is 2. The fourth-order valence-electron chi connectivity index (χ4n) is 4.93. The van der Waals surface area contributed by atoms with Gasteiger partial charge in [0.05, 0.1) is 22.2 Å². The maximum atomic E-state index is 13.7. The van der Waals surface area contributed by atoms with Gasteiger partial charge in [0.2, 0.25) is 5.91 Å². The summed E-state index contributed by atoms with van der Waals surface area (Å²) in [5.41, 5.74) is 0.211. The number of sulfone groups is 1. The highest BCUT2D eigenvalue weighted by atomic mass is 32.2. The number of likely N-dealkylation sites (tertiary alicyclic amines) is 1. The highest BCUT2D eigenvalue weighted by molar-refractivity contribution is 7.92. The molecule has 2 aromatic rings. The molecule has 33 heavy (non-hydrogen) atoms. The van der Waals surface area contributed by atoms with E-state index in [1.807, 2.05) is 35.2 Å². The van der Waals surface area contributed by atoms with E-state index in [4.69, 9.17) is 4.74 Å². The number of amides is 2. The van der Waals surface area contributed by atoms with Gasteiger partial charge in [-0.1, -0.05) is 48.5 Å². The van der Waals surface area contributed by atoms with Crippen molar-refractivity contribution in [3.63, 3.8) is 0 Å². The summed E-state index contributed by atoms with van der Waals surface area (Å²) in [6.07, 6.45) is -0.593. The van der Waals surface area contributed by atoms with E-state index in [2.05, 4.69) is 0 Å². The molecule has 4 atom stereocenters. The van der Waals surface area contributed by atoms with Gasteiger partial charge in [-0.2, -0.15) is 0 Å².